The van der Waals surface area contributed by atoms with Gasteiger partial charge in [-0.3, -0.25) is 0 Å². The van der Waals surface area contributed by atoms with Gasteiger partial charge < -0.3 is 0 Å². The number of aromatic hydroxyl groups is 1. The van der Waals surface area contributed by atoms with Crippen LogP contribution in [0.15, 0.2) is 48.7 Å². The van der Waals surface area contributed by atoms with Gasteiger partial charge in [0.05, 0.1) is 0 Å². The number of hydrogen-bond donors (Lipinski definition) is 1. The Kier molecular flexibility index (Phi) is 2.28. The SMILES string of the molecule is Oc1c(-c2ccccc2)[se]c2ncccc12. The van der Waals surface area contributed by atoms with Crippen molar-refractivity contribution < 1.29 is 5.11 Å². The second-order valence-corrected chi connectivity index (χ2v) is 5.60. The molecule has 16 heavy (non-hydrogen) atoms. The quantitative estimate of drug-likeness (QED) is 0.692. The average Bonchev–Trinajstić information content (AvgIpc) is 2.69. The van der Waals surface area contributed by atoms with Crippen LogP contribution in [0.5, 0.6) is 5.75 Å². The van der Waals surface area contributed by atoms with E-state index in [1.54, 1.807) is 6.20 Å². The van der Waals surface area contributed by atoms with E-state index >= 15 is 0 Å². The molecule has 0 aliphatic carbocycles. The van der Waals surface area contributed by atoms with Gasteiger partial charge in [0.2, 0.25) is 0 Å². The van der Waals surface area contributed by atoms with Crippen LogP contribution in [0.25, 0.3) is 19.8 Å². The summed E-state index contributed by atoms with van der Waals surface area (Å²) in [6.07, 6.45) is 1.78. The third-order valence-electron chi connectivity index (χ3n) is 2.48. The van der Waals surface area contributed by atoms with E-state index in [2.05, 4.69) is 4.98 Å². The molecule has 3 aromatic rings. The summed E-state index contributed by atoms with van der Waals surface area (Å²) in [6, 6.07) is 13.8. The molecule has 1 aromatic carbocycles. The van der Waals surface area contributed by atoms with Crippen molar-refractivity contribution in [3.63, 3.8) is 0 Å². The molecule has 0 atom stereocenters. The molecule has 0 bridgehead atoms. The van der Waals surface area contributed by atoms with E-state index < -0.39 is 0 Å². The van der Waals surface area contributed by atoms with Gasteiger partial charge in [0, 0.05) is 0 Å². The third kappa shape index (κ3) is 1.45. The second kappa shape index (κ2) is 3.78. The Morgan fingerprint density at radius 1 is 1.00 bits per heavy atom. The van der Waals surface area contributed by atoms with E-state index in [-0.39, 0.29) is 14.5 Å². The molecule has 3 rings (SSSR count). The van der Waals surface area contributed by atoms with Gasteiger partial charge in [-0.05, 0) is 0 Å². The van der Waals surface area contributed by atoms with Gasteiger partial charge in [0.25, 0.3) is 0 Å². The molecule has 0 radical (unpaired) electrons. The van der Waals surface area contributed by atoms with Gasteiger partial charge in [-0.25, -0.2) is 0 Å². The standard InChI is InChI=1S/C13H9NOSe/c15-11-10-7-4-8-14-13(10)16-12(11)9-5-2-1-3-6-9/h1-8,15H. The summed E-state index contributed by atoms with van der Waals surface area (Å²) in [6.45, 7) is 0. The predicted molar refractivity (Wildman–Crippen MR) is 65.8 cm³/mol. The Morgan fingerprint density at radius 2 is 1.81 bits per heavy atom. The van der Waals surface area contributed by atoms with Crippen LogP contribution >= 0.6 is 0 Å². The molecule has 0 amide bonds. The predicted octanol–water partition coefficient (Wildman–Crippen LogP) is 2.66. The summed E-state index contributed by atoms with van der Waals surface area (Å²) in [5, 5.41) is 11.0. The fraction of sp³-hybridized carbons (Fsp3) is 0. The number of hydrogen-bond acceptors (Lipinski definition) is 2. The Hall–Kier alpha value is -1.57. The maximum atomic E-state index is 10.1. The molecule has 78 valence electrons. The molecule has 2 aromatic heterocycles. The first kappa shape index (κ1) is 9.64. The molecule has 0 fully saturated rings. The van der Waals surface area contributed by atoms with Crippen LogP contribution in [0.3, 0.4) is 0 Å². The van der Waals surface area contributed by atoms with Crippen LogP contribution < -0.4 is 0 Å². The topological polar surface area (TPSA) is 33.1 Å². The number of aromatic nitrogens is 1. The summed E-state index contributed by atoms with van der Waals surface area (Å²) in [7, 11) is 0. The molecule has 0 saturated carbocycles. The Bertz CT molecular complexity index is 631. The van der Waals surface area contributed by atoms with E-state index in [0.29, 0.717) is 5.75 Å². The van der Waals surface area contributed by atoms with E-state index in [1.807, 2.05) is 42.5 Å². The number of rotatable bonds is 1. The molecule has 0 unspecified atom stereocenters. The molecular weight excluding hydrogens is 265 g/mol. The van der Waals surface area contributed by atoms with Crippen molar-refractivity contribution >= 4 is 24.3 Å². The van der Waals surface area contributed by atoms with Crippen molar-refractivity contribution in [1.82, 2.24) is 4.98 Å². The van der Waals surface area contributed by atoms with Crippen molar-refractivity contribution in [3.8, 4) is 15.8 Å². The molecule has 2 heterocycles. The fourth-order valence-electron chi connectivity index (χ4n) is 1.70. The zero-order chi connectivity index (χ0) is 11.0. The minimum atomic E-state index is 0.113. The van der Waals surface area contributed by atoms with Crippen LogP contribution in [0.2, 0.25) is 0 Å². The molecule has 2 nitrogen and oxygen atoms in total. The summed E-state index contributed by atoms with van der Waals surface area (Å²) in [5.74, 6) is 0.398. The van der Waals surface area contributed by atoms with Crippen molar-refractivity contribution in [2.24, 2.45) is 0 Å². The van der Waals surface area contributed by atoms with Crippen LogP contribution in [-0.2, 0) is 0 Å². The van der Waals surface area contributed by atoms with Gasteiger partial charge in [-0.15, -0.1) is 0 Å². The van der Waals surface area contributed by atoms with Gasteiger partial charge in [0.15, 0.2) is 0 Å². The minimum absolute atomic E-state index is 0.113. The molecule has 0 aliphatic rings. The fourth-order valence-corrected chi connectivity index (χ4v) is 3.89. The number of benzene rings is 1. The van der Waals surface area contributed by atoms with E-state index in [9.17, 15) is 5.11 Å². The molecule has 3 heteroatoms. The van der Waals surface area contributed by atoms with Crippen LogP contribution in [-0.4, -0.2) is 24.6 Å². The molecule has 1 N–H and O–H groups in total. The summed E-state index contributed by atoms with van der Waals surface area (Å²) in [4.78, 5) is 4.31. The van der Waals surface area contributed by atoms with Crippen LogP contribution in [0, 0.1) is 0 Å². The molecule has 0 spiro atoms. The number of pyridine rings is 1. The van der Waals surface area contributed by atoms with Gasteiger partial charge in [-0.1, -0.05) is 0 Å². The van der Waals surface area contributed by atoms with E-state index in [0.717, 1.165) is 19.8 Å². The van der Waals surface area contributed by atoms with Crippen molar-refractivity contribution in [3.05, 3.63) is 48.7 Å². The third-order valence-corrected chi connectivity index (χ3v) is 4.89. The second-order valence-electron chi connectivity index (χ2n) is 3.50. The summed E-state index contributed by atoms with van der Waals surface area (Å²) < 4.78 is 2.05. The first-order valence-electron chi connectivity index (χ1n) is 4.98. The average molecular weight is 274 g/mol. The number of nitrogens with zero attached hydrogens (tertiary/aromatic N) is 1. The van der Waals surface area contributed by atoms with Crippen molar-refractivity contribution in [1.29, 1.82) is 0 Å². The number of fused-ring (bicyclic) bond motifs is 1. The van der Waals surface area contributed by atoms with Crippen LogP contribution in [0.4, 0.5) is 0 Å². The normalized spacial score (nSPS) is 10.8. The first-order chi connectivity index (χ1) is 7.86. The van der Waals surface area contributed by atoms with Crippen molar-refractivity contribution in [2.75, 3.05) is 0 Å². The van der Waals surface area contributed by atoms with Gasteiger partial charge in [-0.2, -0.15) is 0 Å². The Labute approximate surface area is 98.9 Å². The molecule has 0 saturated heterocycles. The maximum absolute atomic E-state index is 10.1. The monoisotopic (exact) mass is 275 g/mol. The Morgan fingerprint density at radius 3 is 2.56 bits per heavy atom. The first-order valence-corrected chi connectivity index (χ1v) is 6.69. The summed E-state index contributed by atoms with van der Waals surface area (Å²) in [5.41, 5.74) is 1.10. The molecule has 0 aliphatic heterocycles. The van der Waals surface area contributed by atoms with E-state index in [1.165, 1.54) is 0 Å². The Balaban J connectivity index is 2.29. The van der Waals surface area contributed by atoms with Gasteiger partial charge >= 0.3 is 98.8 Å². The van der Waals surface area contributed by atoms with Crippen molar-refractivity contribution in [2.45, 2.75) is 0 Å². The van der Waals surface area contributed by atoms with Gasteiger partial charge in [0.1, 0.15) is 0 Å². The van der Waals surface area contributed by atoms with Crippen LogP contribution in [0.1, 0.15) is 0 Å². The zero-order valence-electron chi connectivity index (χ0n) is 8.42. The summed E-state index contributed by atoms with van der Waals surface area (Å²) >= 11 is 0.113. The van der Waals surface area contributed by atoms with E-state index in [4.69, 9.17) is 0 Å². The zero-order valence-corrected chi connectivity index (χ0v) is 10.1. The molecular formula is C13H9NOSe.